The number of hydrogen-bond donors (Lipinski definition) is 0. The van der Waals surface area contributed by atoms with Gasteiger partial charge < -0.3 is 19.1 Å². The summed E-state index contributed by atoms with van der Waals surface area (Å²) in [4.78, 5) is 22.5. The fourth-order valence-corrected chi connectivity index (χ4v) is 4.87. The molecule has 1 unspecified atom stereocenters. The molecule has 32 heavy (non-hydrogen) atoms. The average Bonchev–Trinajstić information content (AvgIpc) is 2.77. The molecule has 0 bridgehead atoms. The maximum atomic E-state index is 12.1. The largest absolute Gasteiger partial charge is 0.474 e. The molecule has 0 saturated carbocycles. The summed E-state index contributed by atoms with van der Waals surface area (Å²) in [6.07, 6.45) is 6.01. The van der Waals surface area contributed by atoms with Crippen LogP contribution in [-0.2, 0) is 4.74 Å². The van der Waals surface area contributed by atoms with Crippen LogP contribution in [0.2, 0.25) is 0 Å². The Bertz CT molecular complexity index is 735. The topological polar surface area (TPSA) is 77.0 Å². The van der Waals surface area contributed by atoms with Crippen LogP contribution >= 0.6 is 11.9 Å². The Morgan fingerprint density at radius 1 is 1.03 bits per heavy atom. The van der Waals surface area contributed by atoms with E-state index in [9.17, 15) is 4.79 Å². The number of rotatable bonds is 8. The first kappa shape index (κ1) is 24.9. The van der Waals surface area contributed by atoms with Gasteiger partial charge in [-0.05, 0) is 40.0 Å². The fraction of sp³-hybridized carbons (Fsp3) is 0.783. The van der Waals surface area contributed by atoms with Gasteiger partial charge in [-0.1, -0.05) is 25.8 Å². The van der Waals surface area contributed by atoms with Crippen molar-refractivity contribution < 1.29 is 19.0 Å². The number of amides is 1. The van der Waals surface area contributed by atoms with Crippen molar-refractivity contribution in [2.24, 2.45) is 0 Å². The highest BCUT2D eigenvalue weighted by molar-refractivity contribution is 7.97. The van der Waals surface area contributed by atoms with Gasteiger partial charge in [0.25, 0.3) is 0 Å². The molecule has 1 aromatic heterocycles. The molecule has 2 aliphatic rings. The molecule has 1 amide bonds. The lowest BCUT2D eigenvalue weighted by Gasteiger charge is -2.33. The Morgan fingerprint density at radius 3 is 2.06 bits per heavy atom. The number of ether oxygens (including phenoxy) is 3. The van der Waals surface area contributed by atoms with Gasteiger partial charge in [0.1, 0.15) is 18.5 Å². The molecule has 0 aromatic carbocycles. The van der Waals surface area contributed by atoms with Gasteiger partial charge in [0, 0.05) is 44.3 Å². The maximum Gasteiger partial charge on any atom is 0.410 e. The molecular weight excluding hydrogens is 428 g/mol. The number of nitrogens with zero attached hydrogens (tertiary/aromatic N) is 4. The molecule has 3 heterocycles. The van der Waals surface area contributed by atoms with Crippen molar-refractivity contribution in [2.75, 3.05) is 26.2 Å². The third-order valence-corrected chi connectivity index (χ3v) is 7.25. The van der Waals surface area contributed by atoms with E-state index < -0.39 is 0 Å². The van der Waals surface area contributed by atoms with Gasteiger partial charge in [0.15, 0.2) is 0 Å². The molecule has 180 valence electrons. The predicted octanol–water partition coefficient (Wildman–Crippen LogP) is 4.46. The molecule has 2 saturated heterocycles. The smallest absolute Gasteiger partial charge is 0.410 e. The summed E-state index contributed by atoms with van der Waals surface area (Å²) in [5.74, 6) is 1.18. The zero-order chi connectivity index (χ0) is 23.1. The van der Waals surface area contributed by atoms with E-state index in [4.69, 9.17) is 14.2 Å². The van der Waals surface area contributed by atoms with Gasteiger partial charge in [-0.3, -0.25) is 4.31 Å². The van der Waals surface area contributed by atoms with Gasteiger partial charge in [-0.25, -0.2) is 14.8 Å². The predicted molar refractivity (Wildman–Crippen MR) is 126 cm³/mol. The average molecular weight is 467 g/mol. The van der Waals surface area contributed by atoms with Crippen LogP contribution in [0.5, 0.6) is 11.8 Å². The summed E-state index contributed by atoms with van der Waals surface area (Å²) >= 11 is 1.96. The van der Waals surface area contributed by atoms with Crippen LogP contribution in [0.15, 0.2) is 6.33 Å². The molecule has 3 rings (SSSR count). The number of hydrogen-bond acceptors (Lipinski definition) is 8. The summed E-state index contributed by atoms with van der Waals surface area (Å²) in [6.45, 7) is 13.5. The standard InChI is InChI=1S/C23H38N4O4S/c1-6-17(4)32-27-13-9-20(10-14-27)31-22-18(5)21(24-15-25-22)30-19-7-11-26(12-8-19)23(28)29-16(2)3/h15-17,19-20H,6-14H2,1-5H3. The minimum absolute atomic E-state index is 0.0142. The van der Waals surface area contributed by atoms with E-state index in [-0.39, 0.29) is 24.4 Å². The molecule has 9 heteroatoms. The van der Waals surface area contributed by atoms with Gasteiger partial charge >= 0.3 is 6.09 Å². The van der Waals surface area contributed by atoms with Gasteiger partial charge in [-0.15, -0.1) is 0 Å². The van der Waals surface area contributed by atoms with Crippen LogP contribution in [0.3, 0.4) is 0 Å². The minimum Gasteiger partial charge on any atom is -0.474 e. The van der Waals surface area contributed by atoms with Crippen molar-refractivity contribution >= 4 is 18.0 Å². The molecule has 1 aromatic rings. The van der Waals surface area contributed by atoms with E-state index in [1.165, 1.54) is 12.7 Å². The van der Waals surface area contributed by atoms with E-state index >= 15 is 0 Å². The Kier molecular flexibility index (Phi) is 9.28. The maximum absolute atomic E-state index is 12.1. The second-order valence-corrected chi connectivity index (χ2v) is 10.4. The van der Waals surface area contributed by atoms with Crippen LogP contribution < -0.4 is 9.47 Å². The van der Waals surface area contributed by atoms with Gasteiger partial charge in [-0.2, -0.15) is 0 Å². The Hall–Kier alpha value is -1.74. The third-order valence-electron chi connectivity index (χ3n) is 5.89. The van der Waals surface area contributed by atoms with Crippen molar-refractivity contribution in [3.8, 4) is 11.8 Å². The highest BCUT2D eigenvalue weighted by atomic mass is 32.2. The second-order valence-electron chi connectivity index (χ2n) is 8.92. The highest BCUT2D eigenvalue weighted by Gasteiger charge is 2.27. The molecule has 2 aliphatic heterocycles. The van der Waals surface area contributed by atoms with E-state index in [1.54, 1.807) is 4.90 Å². The second kappa shape index (κ2) is 11.9. The Morgan fingerprint density at radius 2 is 1.56 bits per heavy atom. The molecule has 0 spiro atoms. The van der Waals surface area contributed by atoms with E-state index in [2.05, 4.69) is 28.1 Å². The van der Waals surface area contributed by atoms with Crippen molar-refractivity contribution in [2.45, 2.75) is 90.3 Å². The molecule has 0 N–H and O–H groups in total. The lowest BCUT2D eigenvalue weighted by Crippen LogP contribution is -2.42. The van der Waals surface area contributed by atoms with Crippen LogP contribution in [0.4, 0.5) is 4.79 Å². The van der Waals surface area contributed by atoms with E-state index in [0.717, 1.165) is 44.3 Å². The first-order chi connectivity index (χ1) is 15.4. The third kappa shape index (κ3) is 7.13. The van der Waals surface area contributed by atoms with Crippen LogP contribution in [-0.4, -0.2) is 75.0 Å². The quantitative estimate of drug-likeness (QED) is 0.520. The van der Waals surface area contributed by atoms with Crippen LogP contribution in [0.25, 0.3) is 0 Å². The van der Waals surface area contributed by atoms with Crippen molar-refractivity contribution in [1.29, 1.82) is 0 Å². The highest BCUT2D eigenvalue weighted by Crippen LogP contribution is 2.29. The van der Waals surface area contributed by atoms with Crippen molar-refractivity contribution in [1.82, 2.24) is 19.2 Å². The molecule has 2 fully saturated rings. The monoisotopic (exact) mass is 466 g/mol. The van der Waals surface area contributed by atoms with Crippen molar-refractivity contribution in [3.63, 3.8) is 0 Å². The summed E-state index contributed by atoms with van der Waals surface area (Å²) in [7, 11) is 0. The summed E-state index contributed by atoms with van der Waals surface area (Å²) in [5, 5.41) is 0.656. The fourth-order valence-electron chi connectivity index (χ4n) is 3.79. The Balaban J connectivity index is 1.48. The number of carbonyl (C=O) groups excluding carboxylic acids is 1. The van der Waals surface area contributed by atoms with Crippen LogP contribution in [0.1, 0.15) is 65.4 Å². The summed E-state index contributed by atoms with van der Waals surface area (Å²) in [6, 6.07) is 0. The SMILES string of the molecule is CCC(C)SN1CCC(Oc2ncnc(OC3CCN(C(=O)OC(C)C)CC3)c2C)CC1. The zero-order valence-corrected chi connectivity index (χ0v) is 20.9. The molecule has 1 atom stereocenters. The summed E-state index contributed by atoms with van der Waals surface area (Å²) in [5.41, 5.74) is 0.838. The number of likely N-dealkylation sites (tertiary alicyclic amines) is 1. The summed E-state index contributed by atoms with van der Waals surface area (Å²) < 4.78 is 20.2. The van der Waals surface area contributed by atoms with Gasteiger partial charge in [0.05, 0.1) is 11.7 Å². The molecule has 0 radical (unpaired) electrons. The molecular formula is C23H38N4O4S. The van der Waals surface area contributed by atoms with E-state index in [0.29, 0.717) is 30.1 Å². The lowest BCUT2D eigenvalue weighted by molar-refractivity contribution is 0.0503. The molecule has 0 aliphatic carbocycles. The normalized spacial score (nSPS) is 19.8. The number of carbonyl (C=O) groups is 1. The van der Waals surface area contributed by atoms with Crippen LogP contribution in [0, 0.1) is 6.92 Å². The van der Waals surface area contributed by atoms with Crippen molar-refractivity contribution in [3.05, 3.63) is 11.9 Å². The number of piperidine rings is 2. The van der Waals surface area contributed by atoms with E-state index in [1.807, 2.05) is 32.7 Å². The lowest BCUT2D eigenvalue weighted by atomic mass is 10.1. The minimum atomic E-state index is -0.249. The van der Waals surface area contributed by atoms with Gasteiger partial charge in [0.2, 0.25) is 11.8 Å². The number of aromatic nitrogens is 2. The Labute approximate surface area is 196 Å². The zero-order valence-electron chi connectivity index (χ0n) is 20.1. The molecule has 8 nitrogen and oxygen atoms in total. The first-order valence-corrected chi connectivity index (χ1v) is 12.7. The first-order valence-electron chi connectivity index (χ1n) is 11.9.